The third-order valence-corrected chi connectivity index (χ3v) is 3.28. The van der Waals surface area contributed by atoms with E-state index >= 15 is 0 Å². The predicted molar refractivity (Wildman–Crippen MR) is 92.1 cm³/mol. The summed E-state index contributed by atoms with van der Waals surface area (Å²) in [5.41, 5.74) is 0.583. The monoisotopic (exact) mass is 345 g/mol. The molecule has 0 unspecified atom stereocenters. The lowest BCUT2D eigenvalue weighted by atomic mass is 10.2. The zero-order valence-corrected chi connectivity index (χ0v) is 15.2. The second-order valence-electron chi connectivity index (χ2n) is 6.37. The van der Waals surface area contributed by atoms with E-state index < -0.39 is 18.0 Å². The first-order chi connectivity index (χ1) is 11.8. The molecule has 25 heavy (non-hydrogen) atoms. The molecule has 0 fully saturated rings. The lowest BCUT2D eigenvalue weighted by molar-refractivity contribution is -0.143. The summed E-state index contributed by atoms with van der Waals surface area (Å²) in [4.78, 5) is 16.9. The van der Waals surface area contributed by atoms with Crippen LogP contribution in [0.3, 0.4) is 0 Å². The fourth-order valence-corrected chi connectivity index (χ4v) is 2.39. The molecular formula is C18H23N3O4. The molecule has 0 atom stereocenters. The number of aromatic nitrogens is 2. The summed E-state index contributed by atoms with van der Waals surface area (Å²) in [6.07, 6.45) is 0.269. The van der Waals surface area contributed by atoms with Crippen molar-refractivity contribution in [2.45, 2.75) is 46.5 Å². The number of hydrogen-bond acceptors (Lipinski definition) is 6. The Morgan fingerprint density at radius 1 is 1.28 bits per heavy atom. The number of carbonyl (C=O) groups is 1. The molecule has 0 spiro atoms. The van der Waals surface area contributed by atoms with Gasteiger partial charge in [-0.25, -0.2) is 14.3 Å². The van der Waals surface area contributed by atoms with E-state index in [1.807, 2.05) is 19.9 Å². The van der Waals surface area contributed by atoms with Crippen LogP contribution in [-0.2, 0) is 14.2 Å². The van der Waals surface area contributed by atoms with Crippen molar-refractivity contribution in [1.82, 2.24) is 9.55 Å². The molecule has 0 radical (unpaired) electrons. The van der Waals surface area contributed by atoms with Gasteiger partial charge in [-0.05, 0) is 46.8 Å². The summed E-state index contributed by atoms with van der Waals surface area (Å²) in [6.45, 7) is 9.91. The lowest BCUT2D eigenvalue weighted by Crippen LogP contribution is -2.29. The molecule has 0 aliphatic heterocycles. The van der Waals surface area contributed by atoms with Gasteiger partial charge in [0, 0.05) is 24.8 Å². The Kier molecular flexibility index (Phi) is 5.77. The van der Waals surface area contributed by atoms with E-state index in [1.54, 1.807) is 39.1 Å². The van der Waals surface area contributed by atoms with Gasteiger partial charge in [-0.3, -0.25) is 0 Å². The maximum absolute atomic E-state index is 12.8. The van der Waals surface area contributed by atoms with Gasteiger partial charge in [-0.15, -0.1) is 0 Å². The van der Waals surface area contributed by atoms with Crippen molar-refractivity contribution in [3.63, 3.8) is 0 Å². The van der Waals surface area contributed by atoms with Gasteiger partial charge in [0.2, 0.25) is 0 Å². The average Bonchev–Trinajstić information content (AvgIpc) is 2.91. The van der Waals surface area contributed by atoms with Gasteiger partial charge >= 0.3 is 6.09 Å². The van der Waals surface area contributed by atoms with E-state index in [9.17, 15) is 4.79 Å². The highest BCUT2D eigenvalue weighted by atomic mass is 16.7. The van der Waals surface area contributed by atoms with E-state index in [2.05, 4.69) is 4.98 Å². The molecule has 0 bridgehead atoms. The molecule has 7 nitrogen and oxygen atoms in total. The minimum Gasteiger partial charge on any atom is -0.443 e. The van der Waals surface area contributed by atoms with Crippen LogP contribution in [0.25, 0.3) is 10.9 Å². The molecule has 2 aromatic rings. The Hall–Kier alpha value is -2.43. The van der Waals surface area contributed by atoms with Crippen LogP contribution in [0.1, 0.15) is 52.3 Å². The molecule has 2 rings (SSSR count). The van der Waals surface area contributed by atoms with Gasteiger partial charge in [0.15, 0.2) is 6.29 Å². The molecule has 0 N–H and O–H groups in total. The first-order valence-corrected chi connectivity index (χ1v) is 8.18. The Morgan fingerprint density at radius 2 is 1.92 bits per heavy atom. The van der Waals surface area contributed by atoms with Crippen LogP contribution >= 0.6 is 0 Å². The maximum Gasteiger partial charge on any atom is 0.419 e. The van der Waals surface area contributed by atoms with E-state index in [-0.39, 0.29) is 5.69 Å². The Labute approximate surface area is 147 Å². The third kappa shape index (κ3) is 4.35. The highest BCUT2D eigenvalue weighted by molar-refractivity contribution is 5.91. The highest BCUT2D eigenvalue weighted by Crippen LogP contribution is 2.28. The summed E-state index contributed by atoms with van der Waals surface area (Å²) in [7, 11) is 0. The summed E-state index contributed by atoms with van der Waals surface area (Å²) in [5, 5.41) is 9.81. The van der Waals surface area contributed by atoms with Crippen LogP contribution in [0.15, 0.2) is 18.3 Å². The standard InChI is InChI=1S/C18H23N3O4/c1-6-23-16(24-7-2)15-8-12-11-20-13(10-19)9-14(12)21(15)17(22)25-18(3,4)5/h8-9,11,16H,6-7H2,1-5H3. The lowest BCUT2D eigenvalue weighted by Gasteiger charge is -2.23. The van der Waals surface area contributed by atoms with Crippen LogP contribution in [0.5, 0.6) is 0 Å². The second kappa shape index (κ2) is 7.64. The van der Waals surface area contributed by atoms with E-state index in [1.165, 1.54) is 4.57 Å². The number of nitriles is 1. The molecule has 0 aromatic carbocycles. The summed E-state index contributed by atoms with van der Waals surface area (Å²) in [5.74, 6) is 0. The molecule has 7 heteroatoms. The zero-order valence-electron chi connectivity index (χ0n) is 15.2. The van der Waals surface area contributed by atoms with Crippen LogP contribution in [0, 0.1) is 11.3 Å². The smallest absolute Gasteiger partial charge is 0.419 e. The van der Waals surface area contributed by atoms with E-state index in [0.717, 1.165) is 0 Å². The minimum atomic E-state index is -0.722. The van der Waals surface area contributed by atoms with Gasteiger partial charge in [0.1, 0.15) is 17.4 Å². The topological polar surface area (TPSA) is 86.4 Å². The van der Waals surface area contributed by atoms with Crippen LogP contribution in [0.2, 0.25) is 0 Å². The molecule has 2 heterocycles. The number of rotatable bonds is 5. The SMILES string of the molecule is CCOC(OCC)c1cc2cnc(C#N)cc2n1C(=O)OC(C)(C)C. The van der Waals surface area contributed by atoms with Crippen molar-refractivity contribution in [1.29, 1.82) is 5.26 Å². The fraction of sp³-hybridized carbons (Fsp3) is 0.500. The molecule has 0 aliphatic rings. The van der Waals surface area contributed by atoms with Crippen molar-refractivity contribution in [3.8, 4) is 6.07 Å². The van der Waals surface area contributed by atoms with Crippen LogP contribution in [0.4, 0.5) is 4.79 Å². The second-order valence-corrected chi connectivity index (χ2v) is 6.37. The van der Waals surface area contributed by atoms with Crippen molar-refractivity contribution in [3.05, 3.63) is 29.7 Å². The Balaban J connectivity index is 2.65. The van der Waals surface area contributed by atoms with Gasteiger partial charge in [0.05, 0.1) is 11.2 Å². The molecule has 0 saturated carbocycles. The van der Waals surface area contributed by atoms with Crippen LogP contribution in [-0.4, -0.2) is 34.5 Å². The molecule has 0 saturated heterocycles. The van der Waals surface area contributed by atoms with E-state index in [0.29, 0.717) is 29.8 Å². The summed E-state index contributed by atoms with van der Waals surface area (Å²) >= 11 is 0. The number of fused-ring (bicyclic) bond motifs is 1. The molecule has 0 aliphatic carbocycles. The average molecular weight is 345 g/mol. The third-order valence-electron chi connectivity index (χ3n) is 3.28. The van der Waals surface area contributed by atoms with Gasteiger partial charge < -0.3 is 14.2 Å². The first-order valence-electron chi connectivity index (χ1n) is 8.18. The normalized spacial score (nSPS) is 11.7. The summed E-state index contributed by atoms with van der Waals surface area (Å²) < 4.78 is 18.2. The number of carbonyl (C=O) groups excluding carboxylic acids is 1. The quantitative estimate of drug-likeness (QED) is 0.767. The number of hydrogen-bond donors (Lipinski definition) is 0. The highest BCUT2D eigenvalue weighted by Gasteiger charge is 2.27. The molecule has 2 aromatic heterocycles. The number of nitrogens with zero attached hydrogens (tertiary/aromatic N) is 3. The van der Waals surface area contributed by atoms with E-state index in [4.69, 9.17) is 19.5 Å². The van der Waals surface area contributed by atoms with Crippen LogP contribution < -0.4 is 0 Å². The van der Waals surface area contributed by atoms with Crippen molar-refractivity contribution in [2.24, 2.45) is 0 Å². The number of pyridine rings is 1. The predicted octanol–water partition coefficient (Wildman–Crippen LogP) is 3.76. The first kappa shape index (κ1) is 18.9. The Bertz CT molecular complexity index is 793. The molecule has 0 amide bonds. The van der Waals surface area contributed by atoms with Crippen molar-refractivity contribution < 1.29 is 19.0 Å². The largest absolute Gasteiger partial charge is 0.443 e. The van der Waals surface area contributed by atoms with Crippen molar-refractivity contribution >= 4 is 17.0 Å². The summed E-state index contributed by atoms with van der Waals surface area (Å²) in [6, 6.07) is 5.30. The Morgan fingerprint density at radius 3 is 2.44 bits per heavy atom. The maximum atomic E-state index is 12.8. The zero-order chi connectivity index (χ0) is 18.6. The molecular weight excluding hydrogens is 322 g/mol. The minimum absolute atomic E-state index is 0.214. The van der Waals surface area contributed by atoms with Gasteiger partial charge in [0.25, 0.3) is 0 Å². The fourth-order valence-electron chi connectivity index (χ4n) is 2.39. The van der Waals surface area contributed by atoms with Gasteiger partial charge in [-0.1, -0.05) is 0 Å². The van der Waals surface area contributed by atoms with Crippen molar-refractivity contribution in [2.75, 3.05) is 13.2 Å². The number of ether oxygens (including phenoxy) is 3. The van der Waals surface area contributed by atoms with Gasteiger partial charge in [-0.2, -0.15) is 5.26 Å². The molecule has 134 valence electrons.